The molecule has 0 amide bonds. The van der Waals surface area contributed by atoms with Gasteiger partial charge in [0.2, 0.25) is 0 Å². The second kappa shape index (κ2) is 8.00. The Kier molecular flexibility index (Phi) is 5.65. The quantitative estimate of drug-likeness (QED) is 0.623. The molecule has 0 fully saturated rings. The summed E-state index contributed by atoms with van der Waals surface area (Å²) in [4.78, 5) is 25.7. The van der Waals surface area contributed by atoms with Gasteiger partial charge in [-0.15, -0.1) is 0 Å². The van der Waals surface area contributed by atoms with Crippen LogP contribution in [0.15, 0.2) is 41.2 Å². The summed E-state index contributed by atoms with van der Waals surface area (Å²) >= 11 is 6.04. The Morgan fingerprint density at radius 3 is 2.52 bits per heavy atom. The van der Waals surface area contributed by atoms with Crippen molar-refractivity contribution >= 4 is 17.6 Å². The van der Waals surface area contributed by atoms with Gasteiger partial charge in [0.15, 0.2) is 5.75 Å². The molecule has 0 saturated heterocycles. The van der Waals surface area contributed by atoms with Gasteiger partial charge in [-0.05, 0) is 37.3 Å². The standard InChI is InChI=1S/C20H13ClF3NO4/c1-9-16(13-6-10(20(27)28)3-5-14(13)23)18(17(21)19(26)25-9)29-8-11-2-4-12(22)7-15(11)24/h2-7H,8H2,1H3,(H,25,26)(H,27,28). The number of H-pyrrole nitrogens is 1. The third kappa shape index (κ3) is 4.12. The van der Waals surface area contributed by atoms with Gasteiger partial charge in [0, 0.05) is 28.5 Å². The van der Waals surface area contributed by atoms with Crippen LogP contribution < -0.4 is 10.3 Å². The molecular weight excluding hydrogens is 411 g/mol. The van der Waals surface area contributed by atoms with Crippen LogP contribution in [-0.4, -0.2) is 16.1 Å². The molecule has 2 N–H and O–H groups in total. The second-order valence-corrected chi connectivity index (χ2v) is 6.50. The topological polar surface area (TPSA) is 79.4 Å². The summed E-state index contributed by atoms with van der Waals surface area (Å²) in [5.74, 6) is -3.96. The molecule has 150 valence electrons. The molecular formula is C20H13ClF3NO4. The summed E-state index contributed by atoms with van der Waals surface area (Å²) in [5.41, 5.74) is -0.940. The molecule has 1 aromatic heterocycles. The summed E-state index contributed by atoms with van der Waals surface area (Å²) < 4.78 is 47.0. The first-order valence-electron chi connectivity index (χ1n) is 8.21. The maximum atomic E-state index is 14.5. The molecule has 0 aliphatic rings. The van der Waals surface area contributed by atoms with Gasteiger partial charge in [-0.1, -0.05) is 11.6 Å². The second-order valence-electron chi connectivity index (χ2n) is 6.12. The molecule has 9 heteroatoms. The predicted octanol–water partition coefficient (Wildman–Crippen LogP) is 4.70. The number of nitrogens with one attached hydrogen (secondary N) is 1. The molecule has 2 aromatic carbocycles. The van der Waals surface area contributed by atoms with E-state index in [4.69, 9.17) is 16.3 Å². The van der Waals surface area contributed by atoms with Crippen LogP contribution in [0.4, 0.5) is 13.2 Å². The first kappa shape index (κ1) is 20.5. The molecule has 0 bridgehead atoms. The smallest absolute Gasteiger partial charge is 0.335 e. The van der Waals surface area contributed by atoms with Gasteiger partial charge in [-0.3, -0.25) is 4.79 Å². The summed E-state index contributed by atoms with van der Waals surface area (Å²) in [6.07, 6.45) is 0. The Morgan fingerprint density at radius 2 is 1.86 bits per heavy atom. The van der Waals surface area contributed by atoms with Crippen molar-refractivity contribution in [2.75, 3.05) is 0 Å². The zero-order valence-electron chi connectivity index (χ0n) is 14.9. The normalized spacial score (nSPS) is 10.8. The fourth-order valence-corrected chi connectivity index (χ4v) is 2.97. The Morgan fingerprint density at radius 1 is 1.14 bits per heavy atom. The minimum atomic E-state index is -1.28. The van der Waals surface area contributed by atoms with Crippen LogP contribution in [0.5, 0.6) is 5.75 Å². The van der Waals surface area contributed by atoms with Gasteiger partial charge in [0.1, 0.15) is 29.1 Å². The van der Waals surface area contributed by atoms with Crippen LogP contribution in [0.2, 0.25) is 5.02 Å². The van der Waals surface area contributed by atoms with Gasteiger partial charge in [-0.2, -0.15) is 0 Å². The third-order valence-corrected chi connectivity index (χ3v) is 4.51. The minimum absolute atomic E-state index is 0.0118. The number of aromatic carboxylic acids is 1. The van der Waals surface area contributed by atoms with E-state index < -0.39 is 40.6 Å². The number of aromatic nitrogens is 1. The van der Waals surface area contributed by atoms with E-state index >= 15 is 0 Å². The van der Waals surface area contributed by atoms with E-state index in [1.54, 1.807) is 0 Å². The van der Waals surface area contributed by atoms with Gasteiger partial charge < -0.3 is 14.8 Å². The van der Waals surface area contributed by atoms with E-state index in [1.165, 1.54) is 6.92 Å². The van der Waals surface area contributed by atoms with Crippen LogP contribution in [0.25, 0.3) is 11.1 Å². The van der Waals surface area contributed by atoms with Crippen molar-refractivity contribution in [3.8, 4) is 16.9 Å². The first-order chi connectivity index (χ1) is 13.7. The van der Waals surface area contributed by atoms with Crippen molar-refractivity contribution in [2.45, 2.75) is 13.5 Å². The van der Waals surface area contributed by atoms with Crippen molar-refractivity contribution in [1.29, 1.82) is 0 Å². The van der Waals surface area contributed by atoms with Gasteiger partial charge in [-0.25, -0.2) is 18.0 Å². The maximum Gasteiger partial charge on any atom is 0.335 e. The molecule has 0 spiro atoms. The number of rotatable bonds is 5. The highest BCUT2D eigenvalue weighted by Gasteiger charge is 2.22. The van der Waals surface area contributed by atoms with Crippen molar-refractivity contribution < 1.29 is 27.8 Å². The lowest BCUT2D eigenvalue weighted by atomic mass is 10.00. The third-order valence-electron chi connectivity index (χ3n) is 4.17. The Hall–Kier alpha value is -3.26. The number of hydrogen-bond acceptors (Lipinski definition) is 3. The van der Waals surface area contributed by atoms with Crippen LogP contribution in [0.3, 0.4) is 0 Å². The monoisotopic (exact) mass is 423 g/mol. The number of carbonyl (C=O) groups is 1. The SMILES string of the molecule is Cc1[nH]c(=O)c(Cl)c(OCc2ccc(F)cc2F)c1-c1cc(C(=O)O)ccc1F. The van der Waals surface area contributed by atoms with Crippen molar-refractivity contribution in [3.63, 3.8) is 0 Å². The number of carboxylic acid groups (broad SMARTS) is 1. The Bertz CT molecular complexity index is 1180. The van der Waals surface area contributed by atoms with Crippen LogP contribution in [-0.2, 0) is 6.61 Å². The van der Waals surface area contributed by atoms with Gasteiger partial charge in [0.25, 0.3) is 5.56 Å². The average Bonchev–Trinajstić information content (AvgIpc) is 2.65. The fraction of sp³-hybridized carbons (Fsp3) is 0.100. The number of benzene rings is 2. The Balaban J connectivity index is 2.14. The van der Waals surface area contributed by atoms with E-state index in [0.717, 1.165) is 30.3 Å². The molecule has 3 aromatic rings. The molecule has 0 unspecified atom stereocenters. The largest absolute Gasteiger partial charge is 0.486 e. The summed E-state index contributed by atoms with van der Waals surface area (Å²) in [7, 11) is 0. The van der Waals surface area contributed by atoms with Crippen LogP contribution in [0.1, 0.15) is 21.6 Å². The van der Waals surface area contributed by atoms with Crippen LogP contribution in [0, 0.1) is 24.4 Å². The highest BCUT2D eigenvalue weighted by atomic mass is 35.5. The average molecular weight is 424 g/mol. The molecule has 0 aliphatic heterocycles. The number of halogens is 4. The Labute approximate surface area is 167 Å². The summed E-state index contributed by atoms with van der Waals surface area (Å²) in [6, 6.07) is 5.96. The predicted molar refractivity (Wildman–Crippen MR) is 99.9 cm³/mol. The van der Waals surface area contributed by atoms with Crippen molar-refractivity contribution in [3.05, 3.63) is 86.0 Å². The first-order valence-corrected chi connectivity index (χ1v) is 8.59. The molecule has 1 heterocycles. The molecule has 0 aliphatic carbocycles. The number of ether oxygens (including phenoxy) is 1. The lowest BCUT2D eigenvalue weighted by Crippen LogP contribution is -2.13. The van der Waals surface area contributed by atoms with E-state index in [0.29, 0.717) is 6.07 Å². The lowest BCUT2D eigenvalue weighted by molar-refractivity contribution is 0.0697. The van der Waals surface area contributed by atoms with E-state index in [1.807, 2.05) is 0 Å². The molecule has 3 rings (SSSR count). The van der Waals surface area contributed by atoms with E-state index in [2.05, 4.69) is 4.98 Å². The lowest BCUT2D eigenvalue weighted by Gasteiger charge is -2.16. The van der Waals surface area contributed by atoms with E-state index in [9.17, 15) is 27.9 Å². The van der Waals surface area contributed by atoms with Gasteiger partial charge in [0.05, 0.1) is 5.56 Å². The number of aryl methyl sites for hydroxylation is 1. The highest BCUT2D eigenvalue weighted by molar-refractivity contribution is 6.32. The molecule has 0 saturated carbocycles. The molecule has 5 nitrogen and oxygen atoms in total. The number of pyridine rings is 1. The van der Waals surface area contributed by atoms with Crippen LogP contribution >= 0.6 is 11.6 Å². The molecule has 0 atom stereocenters. The maximum absolute atomic E-state index is 14.5. The fourth-order valence-electron chi connectivity index (χ4n) is 2.77. The minimum Gasteiger partial charge on any atom is -0.486 e. The van der Waals surface area contributed by atoms with Crippen molar-refractivity contribution in [1.82, 2.24) is 4.98 Å². The zero-order chi connectivity index (χ0) is 21.3. The van der Waals surface area contributed by atoms with Gasteiger partial charge >= 0.3 is 5.97 Å². The number of aromatic amines is 1. The molecule has 29 heavy (non-hydrogen) atoms. The van der Waals surface area contributed by atoms with E-state index in [-0.39, 0.29) is 33.7 Å². The zero-order valence-corrected chi connectivity index (χ0v) is 15.6. The summed E-state index contributed by atoms with van der Waals surface area (Å²) in [6.45, 7) is 1.02. The van der Waals surface area contributed by atoms with Crippen molar-refractivity contribution in [2.24, 2.45) is 0 Å². The summed E-state index contributed by atoms with van der Waals surface area (Å²) in [5, 5.41) is 8.76. The molecule has 0 radical (unpaired) electrons. The number of hydrogen-bond donors (Lipinski definition) is 2. The number of carboxylic acids is 1. The highest BCUT2D eigenvalue weighted by Crippen LogP contribution is 2.38.